The number of thiazole rings is 1. The Morgan fingerprint density at radius 3 is 2.58 bits per heavy atom. The van der Waals surface area contributed by atoms with Crippen LogP contribution in [0.3, 0.4) is 0 Å². The molecule has 0 unspecified atom stereocenters. The Balaban J connectivity index is 1.78. The Labute approximate surface area is 193 Å². The lowest BCUT2D eigenvalue weighted by Crippen LogP contribution is -2.23. The van der Waals surface area contributed by atoms with Gasteiger partial charge in [-0.05, 0) is 36.4 Å². The number of anilines is 3. The number of aromatic nitrogens is 1. The van der Waals surface area contributed by atoms with Crippen molar-refractivity contribution >= 4 is 51.7 Å². The molecule has 0 fully saturated rings. The van der Waals surface area contributed by atoms with E-state index in [2.05, 4.69) is 10.3 Å². The minimum Gasteiger partial charge on any atom is -0.497 e. The number of ether oxygens (including phenoxy) is 2. The molecule has 1 aromatic heterocycles. The van der Waals surface area contributed by atoms with E-state index in [0.29, 0.717) is 11.4 Å². The molecule has 170 valence electrons. The first-order chi connectivity index (χ1) is 15.8. The maximum Gasteiger partial charge on any atom is 0.340 e. The van der Waals surface area contributed by atoms with Crippen molar-refractivity contribution in [2.75, 3.05) is 24.4 Å². The molecule has 8 nitrogen and oxygen atoms in total. The molecule has 0 saturated carbocycles. The van der Waals surface area contributed by atoms with Crippen LogP contribution in [0.25, 0.3) is 6.08 Å². The summed E-state index contributed by atoms with van der Waals surface area (Å²) in [5.41, 5.74) is 0.869. The fourth-order valence-electron chi connectivity index (χ4n) is 2.87. The van der Waals surface area contributed by atoms with Crippen LogP contribution in [0.5, 0.6) is 5.75 Å². The molecule has 0 atom stereocenters. The normalized spacial score (nSPS) is 10.7. The van der Waals surface area contributed by atoms with E-state index in [9.17, 15) is 18.8 Å². The highest BCUT2D eigenvalue weighted by molar-refractivity contribution is 7.14. The summed E-state index contributed by atoms with van der Waals surface area (Å²) in [7, 11) is 2.69. The van der Waals surface area contributed by atoms with Crippen molar-refractivity contribution < 1.29 is 28.2 Å². The number of carbonyl (C=O) groups is 3. The van der Waals surface area contributed by atoms with Crippen molar-refractivity contribution in [1.82, 2.24) is 4.98 Å². The first-order valence-corrected chi connectivity index (χ1v) is 10.5. The van der Waals surface area contributed by atoms with Gasteiger partial charge < -0.3 is 14.8 Å². The van der Waals surface area contributed by atoms with Crippen LogP contribution in [0.4, 0.5) is 20.9 Å². The Morgan fingerprint density at radius 1 is 1.15 bits per heavy atom. The zero-order chi connectivity index (χ0) is 24.0. The van der Waals surface area contributed by atoms with Gasteiger partial charge in [0.2, 0.25) is 11.8 Å². The van der Waals surface area contributed by atoms with E-state index in [1.807, 2.05) is 0 Å². The van der Waals surface area contributed by atoms with Crippen LogP contribution in [-0.4, -0.2) is 37.0 Å². The van der Waals surface area contributed by atoms with Gasteiger partial charge in [0.05, 0.1) is 36.9 Å². The van der Waals surface area contributed by atoms with Crippen molar-refractivity contribution in [3.63, 3.8) is 0 Å². The molecule has 0 bridgehead atoms. The molecule has 0 spiro atoms. The lowest BCUT2D eigenvalue weighted by atomic mass is 10.1. The van der Waals surface area contributed by atoms with Gasteiger partial charge in [-0.3, -0.25) is 14.5 Å². The number of hydrogen-bond donors (Lipinski definition) is 1. The number of rotatable bonds is 7. The molecule has 0 aliphatic rings. The molecule has 10 heteroatoms. The second-order valence-electron chi connectivity index (χ2n) is 6.59. The van der Waals surface area contributed by atoms with E-state index in [1.165, 1.54) is 63.6 Å². The molecule has 0 aliphatic heterocycles. The summed E-state index contributed by atoms with van der Waals surface area (Å²) in [4.78, 5) is 42.0. The monoisotopic (exact) mass is 469 g/mol. The van der Waals surface area contributed by atoms with Crippen molar-refractivity contribution in [3.05, 3.63) is 71.0 Å². The first-order valence-electron chi connectivity index (χ1n) is 9.60. The third-order valence-corrected chi connectivity index (χ3v) is 5.25. The van der Waals surface area contributed by atoms with Crippen molar-refractivity contribution in [2.45, 2.75) is 6.92 Å². The molecule has 1 N–H and O–H groups in total. The van der Waals surface area contributed by atoms with Crippen LogP contribution < -0.4 is 15.0 Å². The van der Waals surface area contributed by atoms with Gasteiger partial charge in [-0.1, -0.05) is 12.1 Å². The second-order valence-corrected chi connectivity index (χ2v) is 7.42. The third-order valence-electron chi connectivity index (χ3n) is 4.40. The molecule has 33 heavy (non-hydrogen) atoms. The number of hydrogen-bond acceptors (Lipinski definition) is 7. The predicted molar refractivity (Wildman–Crippen MR) is 123 cm³/mol. The van der Waals surface area contributed by atoms with Gasteiger partial charge in [-0.15, -0.1) is 11.3 Å². The summed E-state index contributed by atoms with van der Waals surface area (Å²) >= 11 is 1.13. The lowest BCUT2D eigenvalue weighted by molar-refractivity contribution is -0.116. The fourth-order valence-corrected chi connectivity index (χ4v) is 3.72. The fraction of sp³-hybridized carbons (Fsp3) is 0.130. The van der Waals surface area contributed by atoms with Crippen LogP contribution in [0.1, 0.15) is 23.0 Å². The van der Waals surface area contributed by atoms with Gasteiger partial charge >= 0.3 is 5.97 Å². The molecule has 2 amide bonds. The Morgan fingerprint density at radius 2 is 1.91 bits per heavy atom. The highest BCUT2D eigenvalue weighted by Gasteiger charge is 2.20. The third kappa shape index (κ3) is 5.60. The predicted octanol–water partition coefficient (Wildman–Crippen LogP) is 4.41. The first kappa shape index (κ1) is 23.6. The molecule has 2 aromatic carbocycles. The molecular weight excluding hydrogens is 449 g/mol. The van der Waals surface area contributed by atoms with Gasteiger partial charge in [0.1, 0.15) is 11.6 Å². The highest BCUT2D eigenvalue weighted by atomic mass is 32.1. The molecule has 1 heterocycles. The van der Waals surface area contributed by atoms with Gasteiger partial charge in [-0.25, -0.2) is 14.2 Å². The average molecular weight is 469 g/mol. The van der Waals surface area contributed by atoms with Crippen molar-refractivity contribution in [1.29, 1.82) is 0 Å². The maximum atomic E-state index is 14.2. The van der Waals surface area contributed by atoms with Crippen LogP contribution in [0, 0.1) is 5.82 Å². The Kier molecular flexibility index (Phi) is 7.52. The maximum absolute atomic E-state index is 14.2. The number of esters is 1. The summed E-state index contributed by atoms with van der Waals surface area (Å²) in [5, 5.41) is 4.50. The number of carbonyl (C=O) groups excluding carboxylic acids is 3. The summed E-state index contributed by atoms with van der Waals surface area (Å²) in [5.74, 6) is -1.67. The molecule has 3 aromatic rings. The highest BCUT2D eigenvalue weighted by Crippen LogP contribution is 2.31. The standard InChI is InChI=1S/C23H20FN3O5S/c1-14(28)27(20-7-5-4-6-18(20)24)23-25-15(13-33-23)8-11-21(29)26-19-10-9-16(31-2)12-17(19)22(30)32-3/h4-13H,1-3H3,(H,26,29)/b11-8+. The van der Waals surface area contributed by atoms with Crippen LogP contribution >= 0.6 is 11.3 Å². The van der Waals surface area contributed by atoms with Gasteiger partial charge in [0, 0.05) is 18.4 Å². The van der Waals surface area contributed by atoms with Crippen molar-refractivity contribution in [2.24, 2.45) is 0 Å². The smallest absolute Gasteiger partial charge is 0.340 e. The number of amides is 2. The summed E-state index contributed by atoms with van der Waals surface area (Å²) in [6.07, 6.45) is 2.67. The zero-order valence-electron chi connectivity index (χ0n) is 18.0. The van der Waals surface area contributed by atoms with E-state index < -0.39 is 23.6 Å². The average Bonchev–Trinajstić information content (AvgIpc) is 3.27. The minimum atomic E-state index is -0.630. The van der Waals surface area contributed by atoms with Gasteiger partial charge in [-0.2, -0.15) is 0 Å². The second kappa shape index (κ2) is 10.5. The molecular formula is C23H20FN3O5S. The largest absolute Gasteiger partial charge is 0.497 e. The van der Waals surface area contributed by atoms with Crippen LogP contribution in [0.15, 0.2) is 53.9 Å². The lowest BCUT2D eigenvalue weighted by Gasteiger charge is -2.18. The SMILES string of the molecule is COC(=O)c1cc(OC)ccc1NC(=O)/C=C/c1csc(N(C(C)=O)c2ccccc2F)n1. The van der Waals surface area contributed by atoms with Gasteiger partial charge in [0.15, 0.2) is 5.13 Å². The van der Waals surface area contributed by atoms with E-state index in [4.69, 9.17) is 9.47 Å². The summed E-state index contributed by atoms with van der Waals surface area (Å²) in [6, 6.07) is 10.5. The zero-order valence-corrected chi connectivity index (χ0v) is 18.8. The number of benzene rings is 2. The Bertz CT molecular complexity index is 1220. The van der Waals surface area contributed by atoms with Crippen LogP contribution in [0.2, 0.25) is 0 Å². The topological polar surface area (TPSA) is 97.8 Å². The number of para-hydroxylation sites is 1. The number of nitrogens with zero attached hydrogens (tertiary/aromatic N) is 2. The van der Waals surface area contributed by atoms with E-state index in [0.717, 1.165) is 16.2 Å². The van der Waals surface area contributed by atoms with Gasteiger partial charge in [0.25, 0.3) is 0 Å². The minimum absolute atomic E-state index is 0.0856. The molecule has 0 radical (unpaired) electrons. The molecule has 0 saturated heterocycles. The molecule has 0 aliphatic carbocycles. The van der Waals surface area contributed by atoms with E-state index in [-0.39, 0.29) is 22.1 Å². The van der Waals surface area contributed by atoms with E-state index in [1.54, 1.807) is 17.5 Å². The number of nitrogens with one attached hydrogen (secondary N) is 1. The Hall–Kier alpha value is -4.05. The number of halogens is 1. The van der Waals surface area contributed by atoms with Crippen molar-refractivity contribution in [3.8, 4) is 5.75 Å². The summed E-state index contributed by atoms with van der Waals surface area (Å²) < 4.78 is 24.0. The quantitative estimate of drug-likeness (QED) is 0.407. The van der Waals surface area contributed by atoms with E-state index >= 15 is 0 Å². The number of methoxy groups -OCH3 is 2. The molecule has 3 rings (SSSR count). The summed E-state index contributed by atoms with van der Waals surface area (Å²) in [6.45, 7) is 1.31. The van der Waals surface area contributed by atoms with Crippen LogP contribution in [-0.2, 0) is 14.3 Å².